The van der Waals surface area contributed by atoms with E-state index in [1.807, 2.05) is 0 Å². The summed E-state index contributed by atoms with van der Waals surface area (Å²) in [5, 5.41) is 14.8. The maximum atomic E-state index is 12.0. The van der Waals surface area contributed by atoms with Gasteiger partial charge >= 0.3 is 12.2 Å². The molecule has 2 rings (SSSR count). The molecule has 0 bridgehead atoms. The molecule has 0 saturated heterocycles. The number of nitrogens with zero attached hydrogens (tertiary/aromatic N) is 2. The summed E-state index contributed by atoms with van der Waals surface area (Å²) in [6.45, 7) is 7.15. The van der Waals surface area contributed by atoms with Gasteiger partial charge in [-0.15, -0.1) is 0 Å². The Labute approximate surface area is 190 Å². The van der Waals surface area contributed by atoms with Crippen LogP contribution in [0.5, 0.6) is 11.5 Å². The molecule has 0 spiro atoms. The predicted molar refractivity (Wildman–Crippen MR) is 122 cm³/mol. The molecule has 0 aliphatic rings. The van der Waals surface area contributed by atoms with Crippen molar-refractivity contribution >= 4 is 52.6 Å². The van der Waals surface area contributed by atoms with E-state index in [9.17, 15) is 9.59 Å². The predicted octanol–water partition coefficient (Wildman–Crippen LogP) is 5.57. The van der Waals surface area contributed by atoms with Crippen LogP contribution in [0.25, 0.3) is 0 Å². The number of carbonyl (C=O) groups excluding carboxylic acids is 1. The highest BCUT2D eigenvalue weighted by molar-refractivity contribution is 7.80. The van der Waals surface area contributed by atoms with Gasteiger partial charge in [0, 0.05) is 12.6 Å². The average molecular weight is 467 g/mol. The lowest BCUT2D eigenvalue weighted by Crippen LogP contribution is -2.38. The molecule has 0 aliphatic heterocycles. The number of hydrogen-bond acceptors (Lipinski definition) is 6. The van der Waals surface area contributed by atoms with E-state index >= 15 is 0 Å². The molecule has 0 radical (unpaired) electrons. The number of pyridine rings is 1. The molecule has 166 valence electrons. The minimum atomic E-state index is -1.15. The number of hydrogen-bond donors (Lipinski definition) is 3. The van der Waals surface area contributed by atoms with Gasteiger partial charge in [0.05, 0.1) is 16.9 Å². The number of carbonyl (C=O) groups is 2. The summed E-state index contributed by atoms with van der Waals surface area (Å²) in [5.74, 6) is 1.18. The van der Waals surface area contributed by atoms with Crippen LogP contribution in [0.1, 0.15) is 27.7 Å². The van der Waals surface area contributed by atoms with Gasteiger partial charge in [-0.3, -0.25) is 10.2 Å². The first-order chi connectivity index (χ1) is 14.5. The van der Waals surface area contributed by atoms with E-state index in [-0.39, 0.29) is 11.7 Å². The number of anilines is 2. The Bertz CT molecular complexity index is 963. The van der Waals surface area contributed by atoms with Crippen LogP contribution in [-0.4, -0.2) is 44.4 Å². The van der Waals surface area contributed by atoms with Crippen molar-refractivity contribution in [3.8, 4) is 11.5 Å². The molecule has 2 amide bonds. The van der Waals surface area contributed by atoms with Gasteiger partial charge in [-0.1, -0.05) is 11.6 Å². The number of rotatable bonds is 5. The van der Waals surface area contributed by atoms with E-state index in [0.29, 0.717) is 28.0 Å². The summed E-state index contributed by atoms with van der Waals surface area (Å²) in [5.41, 5.74) is -0.314. The second kappa shape index (κ2) is 10.3. The molecule has 0 saturated carbocycles. The van der Waals surface area contributed by atoms with Crippen molar-refractivity contribution in [2.75, 3.05) is 17.2 Å². The van der Waals surface area contributed by atoms with Gasteiger partial charge < -0.3 is 19.9 Å². The van der Waals surface area contributed by atoms with Crippen LogP contribution in [0.2, 0.25) is 5.02 Å². The van der Waals surface area contributed by atoms with Crippen molar-refractivity contribution in [3.63, 3.8) is 0 Å². The summed E-state index contributed by atoms with van der Waals surface area (Å²) in [6, 6.07) is 7.99. The molecule has 1 aromatic heterocycles. The monoisotopic (exact) mass is 466 g/mol. The Morgan fingerprint density at radius 2 is 1.87 bits per heavy atom. The summed E-state index contributed by atoms with van der Waals surface area (Å²) in [6.07, 6.45) is -0.349. The van der Waals surface area contributed by atoms with Crippen molar-refractivity contribution in [1.29, 1.82) is 0 Å². The number of carboxylic acid groups (broad SMARTS) is 1. The SMILES string of the molecule is CCN(C(=O)O)C(=S)Nc1ccc(Oc2ccc(Cl)c(NC(=O)OC(C)(C)C)c2)cn1. The standard InChI is InChI=1S/C20H23ClN4O5S/c1-5-25(19(27)28)17(31)24-16-9-7-13(11-22-16)29-12-6-8-14(21)15(10-12)23-18(26)30-20(2,3)4/h6-11H,5H2,1-4H3,(H,23,26)(H,27,28)(H,22,24,31). The van der Waals surface area contributed by atoms with Crippen molar-refractivity contribution in [1.82, 2.24) is 9.88 Å². The van der Waals surface area contributed by atoms with Crippen LogP contribution in [0.15, 0.2) is 36.5 Å². The molecule has 9 nitrogen and oxygen atoms in total. The van der Waals surface area contributed by atoms with Gasteiger partial charge in [0.25, 0.3) is 0 Å². The number of benzene rings is 1. The highest BCUT2D eigenvalue weighted by Gasteiger charge is 2.18. The molecule has 11 heteroatoms. The molecular formula is C20H23ClN4O5S. The average Bonchev–Trinajstić information content (AvgIpc) is 2.64. The maximum absolute atomic E-state index is 12.0. The molecule has 0 fully saturated rings. The maximum Gasteiger partial charge on any atom is 0.413 e. The fourth-order valence-corrected chi connectivity index (χ4v) is 2.75. The van der Waals surface area contributed by atoms with Crippen LogP contribution in [0.3, 0.4) is 0 Å². The third kappa shape index (κ3) is 7.58. The van der Waals surface area contributed by atoms with E-state index in [0.717, 1.165) is 4.90 Å². The highest BCUT2D eigenvalue weighted by Crippen LogP contribution is 2.30. The molecule has 1 aromatic carbocycles. The topological polar surface area (TPSA) is 113 Å². The Morgan fingerprint density at radius 3 is 2.42 bits per heavy atom. The second-order valence-corrected chi connectivity index (χ2v) is 8.00. The van der Waals surface area contributed by atoms with Gasteiger partial charge in [0.2, 0.25) is 0 Å². The van der Waals surface area contributed by atoms with Crippen molar-refractivity contribution in [2.45, 2.75) is 33.3 Å². The molecule has 3 N–H and O–H groups in total. The van der Waals surface area contributed by atoms with Gasteiger partial charge in [0.1, 0.15) is 22.9 Å². The Balaban J connectivity index is 2.05. The van der Waals surface area contributed by atoms with Crippen molar-refractivity contribution < 1.29 is 24.2 Å². The lowest BCUT2D eigenvalue weighted by Gasteiger charge is -2.20. The minimum Gasteiger partial charge on any atom is -0.465 e. The first-order valence-corrected chi connectivity index (χ1v) is 10.0. The van der Waals surface area contributed by atoms with Gasteiger partial charge in [-0.2, -0.15) is 0 Å². The van der Waals surface area contributed by atoms with E-state index in [1.54, 1.807) is 58.0 Å². The smallest absolute Gasteiger partial charge is 0.413 e. The number of thiocarbonyl (C=S) groups is 1. The number of amides is 2. The second-order valence-electron chi connectivity index (χ2n) is 7.21. The molecule has 2 aromatic rings. The van der Waals surface area contributed by atoms with Crippen LogP contribution >= 0.6 is 23.8 Å². The zero-order valence-corrected chi connectivity index (χ0v) is 19.0. The molecular weight excluding hydrogens is 444 g/mol. The van der Waals surface area contributed by atoms with Crippen LogP contribution in [-0.2, 0) is 4.74 Å². The number of aromatic nitrogens is 1. The van der Waals surface area contributed by atoms with Crippen molar-refractivity contribution in [3.05, 3.63) is 41.6 Å². The van der Waals surface area contributed by atoms with Crippen LogP contribution < -0.4 is 15.4 Å². The van der Waals surface area contributed by atoms with E-state index < -0.39 is 17.8 Å². The number of halogens is 1. The quantitative estimate of drug-likeness (QED) is 0.490. The van der Waals surface area contributed by atoms with Crippen molar-refractivity contribution in [2.24, 2.45) is 0 Å². The van der Waals surface area contributed by atoms with Gasteiger partial charge in [-0.05, 0) is 64.2 Å². The highest BCUT2D eigenvalue weighted by atomic mass is 35.5. The summed E-state index contributed by atoms with van der Waals surface area (Å²) >= 11 is 11.2. The Morgan fingerprint density at radius 1 is 1.19 bits per heavy atom. The Kier molecular flexibility index (Phi) is 8.01. The molecule has 0 atom stereocenters. The lowest BCUT2D eigenvalue weighted by molar-refractivity contribution is 0.0636. The number of ether oxygens (including phenoxy) is 2. The number of nitrogens with one attached hydrogen (secondary N) is 2. The zero-order chi connectivity index (χ0) is 23.2. The van der Waals surface area contributed by atoms with Crippen LogP contribution in [0, 0.1) is 0 Å². The molecule has 0 unspecified atom stereocenters. The normalized spacial score (nSPS) is 10.7. The summed E-state index contributed by atoms with van der Waals surface area (Å²) in [7, 11) is 0. The largest absolute Gasteiger partial charge is 0.465 e. The lowest BCUT2D eigenvalue weighted by atomic mass is 10.2. The molecule has 1 heterocycles. The van der Waals surface area contributed by atoms with E-state index in [2.05, 4.69) is 15.6 Å². The molecule has 31 heavy (non-hydrogen) atoms. The first kappa shape index (κ1) is 24.2. The van der Waals surface area contributed by atoms with Gasteiger partial charge in [0.15, 0.2) is 5.11 Å². The summed E-state index contributed by atoms with van der Waals surface area (Å²) < 4.78 is 11.0. The third-order valence-electron chi connectivity index (χ3n) is 3.57. The Hall–Kier alpha value is -3.11. The third-order valence-corrected chi connectivity index (χ3v) is 4.22. The van der Waals surface area contributed by atoms with Gasteiger partial charge in [-0.25, -0.2) is 14.6 Å². The molecule has 0 aliphatic carbocycles. The van der Waals surface area contributed by atoms with E-state index in [4.69, 9.17) is 38.4 Å². The van der Waals surface area contributed by atoms with Crippen LogP contribution in [0.4, 0.5) is 21.1 Å². The first-order valence-electron chi connectivity index (χ1n) is 9.23. The van der Waals surface area contributed by atoms with E-state index in [1.165, 1.54) is 6.20 Å². The zero-order valence-electron chi connectivity index (χ0n) is 17.4. The summed E-state index contributed by atoms with van der Waals surface area (Å²) in [4.78, 5) is 28.2. The minimum absolute atomic E-state index is 0.0201. The fourth-order valence-electron chi connectivity index (χ4n) is 2.27. The fraction of sp³-hybridized carbons (Fsp3) is 0.300.